The monoisotopic (exact) mass is 287 g/mol. The lowest BCUT2D eigenvalue weighted by atomic mass is 10.2. The first-order valence-electron chi connectivity index (χ1n) is 4.73. The molecule has 5 nitrogen and oxygen atoms in total. The van der Waals surface area contributed by atoms with Crippen molar-refractivity contribution in [1.82, 2.24) is 4.98 Å². The molecule has 0 saturated heterocycles. The van der Waals surface area contributed by atoms with E-state index >= 15 is 0 Å². The van der Waals surface area contributed by atoms with E-state index in [9.17, 15) is 4.79 Å². The molecule has 0 spiro atoms. The summed E-state index contributed by atoms with van der Waals surface area (Å²) in [6.45, 7) is 2.00. The Morgan fingerprint density at radius 3 is 2.94 bits per heavy atom. The molecule has 1 unspecified atom stereocenters. The van der Waals surface area contributed by atoms with Crippen molar-refractivity contribution in [2.24, 2.45) is 5.73 Å². The van der Waals surface area contributed by atoms with Crippen LogP contribution in [0.2, 0.25) is 0 Å². The first kappa shape index (κ1) is 13.1. The quantitative estimate of drug-likeness (QED) is 0.812. The number of carbonyl (C=O) groups excluding carboxylic acids is 1. The summed E-state index contributed by atoms with van der Waals surface area (Å²) in [5.41, 5.74) is 6.97. The van der Waals surface area contributed by atoms with Gasteiger partial charge in [0.25, 0.3) is 0 Å². The zero-order chi connectivity index (χ0) is 12.1. The van der Waals surface area contributed by atoms with Crippen LogP contribution in [0.15, 0.2) is 16.7 Å². The highest BCUT2D eigenvalue weighted by molar-refractivity contribution is 9.10. The van der Waals surface area contributed by atoms with Gasteiger partial charge in [0.15, 0.2) is 0 Å². The van der Waals surface area contributed by atoms with Gasteiger partial charge in [0.2, 0.25) is 5.91 Å². The van der Waals surface area contributed by atoms with E-state index in [-0.39, 0.29) is 12.5 Å². The van der Waals surface area contributed by atoms with Gasteiger partial charge in [0, 0.05) is 7.11 Å². The molecule has 1 atom stereocenters. The maximum absolute atomic E-state index is 11.6. The lowest BCUT2D eigenvalue weighted by Gasteiger charge is -2.12. The number of nitrogens with zero attached hydrogens (tertiary/aromatic N) is 1. The Labute approximate surface area is 103 Å². The fourth-order valence-corrected chi connectivity index (χ4v) is 1.54. The standard InChI is InChI=1S/C10H14BrN3O2/c1-6-8(3-4-9(11)13-6)14-10(15)7(12)5-16-2/h3-4,7H,5,12H2,1-2H3,(H,14,15). The summed E-state index contributed by atoms with van der Waals surface area (Å²) in [5, 5.41) is 2.69. The molecule has 0 aliphatic heterocycles. The third-order valence-corrected chi connectivity index (χ3v) is 2.43. The fraction of sp³-hybridized carbons (Fsp3) is 0.400. The van der Waals surface area contributed by atoms with Crippen molar-refractivity contribution in [2.45, 2.75) is 13.0 Å². The van der Waals surface area contributed by atoms with Crippen molar-refractivity contribution < 1.29 is 9.53 Å². The van der Waals surface area contributed by atoms with E-state index in [1.165, 1.54) is 7.11 Å². The summed E-state index contributed by atoms with van der Waals surface area (Å²) in [6.07, 6.45) is 0. The highest BCUT2D eigenvalue weighted by atomic mass is 79.9. The van der Waals surface area contributed by atoms with Gasteiger partial charge < -0.3 is 15.8 Å². The van der Waals surface area contributed by atoms with Gasteiger partial charge in [-0.05, 0) is 35.0 Å². The van der Waals surface area contributed by atoms with Gasteiger partial charge in [0.05, 0.1) is 18.0 Å². The molecule has 0 radical (unpaired) electrons. The molecule has 1 aromatic heterocycles. The Kier molecular flexibility index (Phi) is 4.85. The molecule has 1 amide bonds. The molecule has 1 rings (SSSR count). The normalized spacial score (nSPS) is 12.2. The molecule has 0 fully saturated rings. The molecule has 0 saturated carbocycles. The van der Waals surface area contributed by atoms with Crippen LogP contribution >= 0.6 is 15.9 Å². The number of nitrogens with one attached hydrogen (secondary N) is 1. The van der Waals surface area contributed by atoms with Crippen LogP contribution in [0.5, 0.6) is 0 Å². The minimum absolute atomic E-state index is 0.189. The summed E-state index contributed by atoms with van der Waals surface area (Å²) in [5.74, 6) is -0.283. The van der Waals surface area contributed by atoms with Crippen LogP contribution < -0.4 is 11.1 Å². The highest BCUT2D eigenvalue weighted by Gasteiger charge is 2.14. The number of pyridine rings is 1. The van der Waals surface area contributed by atoms with Crippen molar-refractivity contribution in [2.75, 3.05) is 19.0 Å². The number of aromatic nitrogens is 1. The van der Waals surface area contributed by atoms with Gasteiger partial charge in [-0.15, -0.1) is 0 Å². The highest BCUT2D eigenvalue weighted by Crippen LogP contribution is 2.16. The SMILES string of the molecule is COCC(N)C(=O)Nc1ccc(Br)nc1C. The minimum atomic E-state index is -0.673. The lowest BCUT2D eigenvalue weighted by Crippen LogP contribution is -2.39. The average molecular weight is 288 g/mol. The first-order chi connectivity index (χ1) is 7.54. The number of amides is 1. The Morgan fingerprint density at radius 1 is 1.69 bits per heavy atom. The summed E-state index contributed by atoms with van der Waals surface area (Å²) in [4.78, 5) is 15.7. The van der Waals surface area contributed by atoms with Crippen LogP contribution in [0.3, 0.4) is 0 Å². The second-order valence-corrected chi connectivity index (χ2v) is 4.13. The Bertz CT molecular complexity index is 384. The van der Waals surface area contributed by atoms with Gasteiger partial charge >= 0.3 is 0 Å². The van der Waals surface area contributed by atoms with Crippen molar-refractivity contribution >= 4 is 27.5 Å². The lowest BCUT2D eigenvalue weighted by molar-refractivity contribution is -0.118. The molecule has 0 aliphatic carbocycles. The maximum Gasteiger partial charge on any atom is 0.243 e. The zero-order valence-electron chi connectivity index (χ0n) is 9.16. The van der Waals surface area contributed by atoms with E-state index in [1.807, 2.05) is 6.92 Å². The van der Waals surface area contributed by atoms with Crippen LogP contribution in [0, 0.1) is 6.92 Å². The number of hydrogen-bond donors (Lipinski definition) is 2. The maximum atomic E-state index is 11.6. The van der Waals surface area contributed by atoms with Gasteiger partial charge in [-0.25, -0.2) is 4.98 Å². The smallest absolute Gasteiger partial charge is 0.243 e. The molecule has 0 bridgehead atoms. The number of carbonyl (C=O) groups is 1. The number of ether oxygens (including phenoxy) is 1. The van der Waals surface area contributed by atoms with E-state index < -0.39 is 6.04 Å². The van der Waals surface area contributed by atoms with Gasteiger partial charge in [0.1, 0.15) is 10.6 Å². The van der Waals surface area contributed by atoms with Gasteiger partial charge in [-0.3, -0.25) is 4.79 Å². The second-order valence-electron chi connectivity index (χ2n) is 3.32. The molecule has 6 heteroatoms. The van der Waals surface area contributed by atoms with E-state index in [1.54, 1.807) is 12.1 Å². The van der Waals surface area contributed by atoms with Crippen LogP contribution in [-0.2, 0) is 9.53 Å². The summed E-state index contributed by atoms with van der Waals surface area (Å²) in [6, 6.07) is 2.85. The van der Waals surface area contributed by atoms with Crippen molar-refractivity contribution in [3.8, 4) is 0 Å². The number of rotatable bonds is 4. The Hall–Kier alpha value is -0.980. The first-order valence-corrected chi connectivity index (χ1v) is 5.52. The Balaban J connectivity index is 2.69. The van der Waals surface area contributed by atoms with Gasteiger partial charge in [-0.1, -0.05) is 0 Å². The van der Waals surface area contributed by atoms with Crippen LogP contribution in [-0.4, -0.2) is 30.6 Å². The number of halogens is 1. The fourth-order valence-electron chi connectivity index (χ4n) is 1.14. The summed E-state index contributed by atoms with van der Waals surface area (Å²) < 4.78 is 5.53. The van der Waals surface area contributed by atoms with E-state index in [0.717, 1.165) is 10.3 Å². The molecule has 1 heterocycles. The zero-order valence-corrected chi connectivity index (χ0v) is 10.7. The van der Waals surface area contributed by atoms with Crippen LogP contribution in [0.1, 0.15) is 5.69 Å². The van der Waals surface area contributed by atoms with Crippen molar-refractivity contribution in [1.29, 1.82) is 0 Å². The number of methoxy groups -OCH3 is 1. The van der Waals surface area contributed by atoms with Gasteiger partial charge in [-0.2, -0.15) is 0 Å². The summed E-state index contributed by atoms with van der Waals surface area (Å²) >= 11 is 3.25. The summed E-state index contributed by atoms with van der Waals surface area (Å²) in [7, 11) is 1.50. The van der Waals surface area contributed by atoms with E-state index in [4.69, 9.17) is 10.5 Å². The molecule has 0 aliphatic rings. The van der Waals surface area contributed by atoms with Crippen molar-refractivity contribution in [3.05, 3.63) is 22.4 Å². The topological polar surface area (TPSA) is 77.2 Å². The van der Waals surface area contributed by atoms with E-state index in [2.05, 4.69) is 26.2 Å². The molecule has 16 heavy (non-hydrogen) atoms. The second kappa shape index (κ2) is 5.93. The van der Waals surface area contributed by atoms with E-state index in [0.29, 0.717) is 5.69 Å². The number of nitrogens with two attached hydrogens (primary N) is 1. The third-order valence-electron chi connectivity index (χ3n) is 1.99. The molecular formula is C10H14BrN3O2. The number of aryl methyl sites for hydroxylation is 1. The Morgan fingerprint density at radius 2 is 2.38 bits per heavy atom. The number of anilines is 1. The largest absolute Gasteiger partial charge is 0.383 e. The average Bonchev–Trinajstić information content (AvgIpc) is 2.22. The molecular weight excluding hydrogens is 274 g/mol. The molecule has 0 aromatic carbocycles. The van der Waals surface area contributed by atoms with Crippen LogP contribution in [0.25, 0.3) is 0 Å². The molecule has 1 aromatic rings. The minimum Gasteiger partial charge on any atom is -0.383 e. The van der Waals surface area contributed by atoms with Crippen molar-refractivity contribution in [3.63, 3.8) is 0 Å². The molecule has 3 N–H and O–H groups in total. The number of hydrogen-bond acceptors (Lipinski definition) is 4. The predicted octanol–water partition coefficient (Wildman–Crippen LogP) is 1.06. The predicted molar refractivity (Wildman–Crippen MR) is 65.2 cm³/mol. The molecule has 88 valence electrons. The van der Waals surface area contributed by atoms with Crippen LogP contribution in [0.4, 0.5) is 5.69 Å². The third kappa shape index (κ3) is 3.55.